The number of nitrogens with zero attached hydrogens (tertiary/aromatic N) is 5. The number of imidazole rings is 1. The molecule has 0 saturated heterocycles. The van der Waals surface area contributed by atoms with Crippen LogP contribution in [-0.4, -0.2) is 31.8 Å². The van der Waals surface area contributed by atoms with Gasteiger partial charge in [0.15, 0.2) is 0 Å². The first kappa shape index (κ1) is 11.1. The quantitative estimate of drug-likeness (QED) is 0.777. The molecule has 0 fully saturated rings. The first-order valence-corrected chi connectivity index (χ1v) is 6.31. The lowest BCUT2D eigenvalue weighted by Gasteiger charge is -2.14. The fraction of sp³-hybridized carbons (Fsp3) is 0.273. The minimum atomic E-state index is 0.769. The summed E-state index contributed by atoms with van der Waals surface area (Å²) >= 11 is 1.29. The van der Waals surface area contributed by atoms with Crippen LogP contribution in [0.1, 0.15) is 11.4 Å². The average Bonchev–Trinajstić information content (AvgIpc) is 2.95. The smallest absolute Gasteiger partial charge is 0.227 e. The fourth-order valence-corrected chi connectivity index (χ4v) is 2.32. The number of benzene rings is 1. The molecule has 0 spiro atoms. The van der Waals surface area contributed by atoms with E-state index < -0.39 is 0 Å². The summed E-state index contributed by atoms with van der Waals surface area (Å²) < 4.78 is 3.76. The van der Waals surface area contributed by atoms with Gasteiger partial charge in [0, 0.05) is 25.1 Å². The highest BCUT2D eigenvalue weighted by atomic mass is 32.1. The van der Waals surface area contributed by atoms with Gasteiger partial charge >= 0.3 is 0 Å². The third kappa shape index (κ3) is 2.04. The van der Waals surface area contributed by atoms with Gasteiger partial charge in [-0.1, -0.05) is 15.7 Å². The Kier molecular flexibility index (Phi) is 2.67. The number of nitrogens with one attached hydrogen (secondary N) is 1. The molecule has 0 amide bonds. The van der Waals surface area contributed by atoms with Crippen molar-refractivity contribution in [2.75, 3.05) is 11.9 Å². The maximum atomic E-state index is 4.38. The number of hydrogen-bond acceptors (Lipinski definition) is 6. The highest BCUT2D eigenvalue weighted by Gasteiger charge is 2.07. The summed E-state index contributed by atoms with van der Waals surface area (Å²) in [7, 11) is 1.98. The monoisotopic (exact) mass is 260 g/mol. The Morgan fingerprint density at radius 3 is 3.06 bits per heavy atom. The molecule has 2 heterocycles. The van der Waals surface area contributed by atoms with E-state index in [2.05, 4.69) is 36.9 Å². The van der Waals surface area contributed by atoms with Crippen molar-refractivity contribution < 1.29 is 0 Å². The van der Waals surface area contributed by atoms with Crippen molar-refractivity contribution in [3.05, 3.63) is 29.6 Å². The number of anilines is 1. The maximum absolute atomic E-state index is 4.38. The molecule has 0 aliphatic heterocycles. The van der Waals surface area contributed by atoms with Crippen LogP contribution in [0.25, 0.3) is 11.0 Å². The second-order valence-corrected chi connectivity index (χ2v) is 4.89. The van der Waals surface area contributed by atoms with Crippen molar-refractivity contribution in [2.24, 2.45) is 0 Å². The average molecular weight is 260 g/mol. The van der Waals surface area contributed by atoms with E-state index in [0.717, 1.165) is 28.5 Å². The third-order valence-electron chi connectivity index (χ3n) is 2.70. The van der Waals surface area contributed by atoms with E-state index in [4.69, 9.17) is 0 Å². The summed E-state index contributed by atoms with van der Waals surface area (Å²) in [6.45, 7) is 2.73. The molecule has 0 atom stereocenters. The van der Waals surface area contributed by atoms with Crippen molar-refractivity contribution >= 4 is 27.7 Å². The highest BCUT2D eigenvalue weighted by molar-refractivity contribution is 7.09. The van der Waals surface area contributed by atoms with Crippen molar-refractivity contribution in [2.45, 2.75) is 13.5 Å². The Balaban J connectivity index is 1.86. The van der Waals surface area contributed by atoms with Crippen molar-refractivity contribution in [1.82, 2.24) is 24.8 Å². The summed E-state index contributed by atoms with van der Waals surface area (Å²) in [5.74, 6) is 0.934. The van der Waals surface area contributed by atoms with E-state index in [1.165, 1.54) is 17.1 Å². The molecule has 1 N–H and O–H groups in total. The van der Waals surface area contributed by atoms with E-state index in [1.54, 1.807) is 0 Å². The first-order valence-electron chi connectivity index (χ1n) is 5.54. The SMILES string of the molecule is Cc1nc2ccc(CN(C)c3nnns3)cc2[nH]1. The normalized spacial score (nSPS) is 11.0. The number of aromatic amines is 1. The zero-order valence-electron chi connectivity index (χ0n) is 10.1. The van der Waals surface area contributed by atoms with Crippen molar-refractivity contribution in [1.29, 1.82) is 0 Å². The molecule has 6 nitrogen and oxygen atoms in total. The number of hydrogen-bond donors (Lipinski definition) is 1. The van der Waals surface area contributed by atoms with Gasteiger partial charge in [0.1, 0.15) is 5.82 Å². The van der Waals surface area contributed by atoms with Gasteiger partial charge in [-0.15, -0.1) is 0 Å². The molecule has 2 aromatic heterocycles. The van der Waals surface area contributed by atoms with Gasteiger partial charge in [0.05, 0.1) is 11.0 Å². The fourth-order valence-electron chi connectivity index (χ4n) is 1.90. The lowest BCUT2D eigenvalue weighted by molar-refractivity contribution is 0.874. The molecule has 0 aliphatic carbocycles. The van der Waals surface area contributed by atoms with Crippen LogP contribution in [0.2, 0.25) is 0 Å². The Hall–Kier alpha value is -2.02. The maximum Gasteiger partial charge on any atom is 0.227 e. The molecular weight excluding hydrogens is 248 g/mol. The van der Waals surface area contributed by atoms with Gasteiger partial charge in [-0.25, -0.2) is 4.98 Å². The van der Waals surface area contributed by atoms with Crippen LogP contribution in [0.5, 0.6) is 0 Å². The summed E-state index contributed by atoms with van der Waals surface area (Å²) in [4.78, 5) is 9.65. The zero-order chi connectivity index (χ0) is 12.5. The van der Waals surface area contributed by atoms with Crippen LogP contribution in [0.4, 0.5) is 5.13 Å². The molecule has 0 bridgehead atoms. The Bertz CT molecular complexity index is 659. The largest absolute Gasteiger partial charge is 0.344 e. The first-order chi connectivity index (χ1) is 8.72. The van der Waals surface area contributed by atoms with Gasteiger partial charge in [0.2, 0.25) is 5.13 Å². The molecule has 0 unspecified atom stereocenters. The van der Waals surface area contributed by atoms with Crippen molar-refractivity contribution in [3.63, 3.8) is 0 Å². The lowest BCUT2D eigenvalue weighted by Crippen LogP contribution is -2.16. The molecule has 3 aromatic rings. The number of aryl methyl sites for hydroxylation is 1. The zero-order valence-corrected chi connectivity index (χ0v) is 10.9. The topological polar surface area (TPSA) is 70.6 Å². The number of H-pyrrole nitrogens is 1. The van der Waals surface area contributed by atoms with Gasteiger partial charge in [-0.2, -0.15) is 0 Å². The van der Waals surface area contributed by atoms with Gasteiger partial charge in [-0.3, -0.25) is 0 Å². The van der Waals surface area contributed by atoms with Gasteiger partial charge in [-0.05, 0) is 29.8 Å². The molecule has 1 aromatic carbocycles. The van der Waals surface area contributed by atoms with Crippen LogP contribution in [-0.2, 0) is 6.54 Å². The lowest BCUT2D eigenvalue weighted by atomic mass is 10.2. The summed E-state index contributed by atoms with van der Waals surface area (Å²) in [5.41, 5.74) is 3.26. The van der Waals surface area contributed by atoms with Crippen molar-refractivity contribution in [3.8, 4) is 0 Å². The van der Waals surface area contributed by atoms with Gasteiger partial charge < -0.3 is 9.88 Å². The highest BCUT2D eigenvalue weighted by Crippen LogP contribution is 2.18. The van der Waals surface area contributed by atoms with E-state index >= 15 is 0 Å². The summed E-state index contributed by atoms with van der Waals surface area (Å²) in [6, 6.07) is 6.22. The van der Waals surface area contributed by atoms with Crippen LogP contribution < -0.4 is 4.90 Å². The third-order valence-corrected chi connectivity index (χ3v) is 3.41. The predicted molar refractivity (Wildman–Crippen MR) is 70.6 cm³/mol. The van der Waals surface area contributed by atoms with Gasteiger partial charge in [0.25, 0.3) is 0 Å². The summed E-state index contributed by atoms with van der Waals surface area (Å²) in [5, 5.41) is 8.36. The second-order valence-electron chi connectivity index (χ2n) is 4.17. The Morgan fingerprint density at radius 2 is 2.28 bits per heavy atom. The second kappa shape index (κ2) is 4.34. The predicted octanol–water partition coefficient (Wildman–Crippen LogP) is 1.75. The standard InChI is InChI=1S/C11H12N6S/c1-7-12-9-4-3-8(5-10(9)13-7)6-17(2)11-14-15-16-18-11/h3-5H,6H2,1-2H3,(H,12,13). The molecule has 0 radical (unpaired) electrons. The minimum absolute atomic E-state index is 0.769. The molecule has 0 saturated carbocycles. The van der Waals surface area contributed by atoms with Crippen LogP contribution in [0, 0.1) is 6.92 Å². The molecule has 3 rings (SSSR count). The minimum Gasteiger partial charge on any atom is -0.344 e. The van der Waals surface area contributed by atoms with Crippen LogP contribution in [0.15, 0.2) is 18.2 Å². The van der Waals surface area contributed by atoms with Crippen LogP contribution in [0.3, 0.4) is 0 Å². The number of fused-ring (bicyclic) bond motifs is 1. The number of rotatable bonds is 3. The van der Waals surface area contributed by atoms with E-state index in [1.807, 2.05) is 24.9 Å². The van der Waals surface area contributed by atoms with Crippen LogP contribution >= 0.6 is 11.5 Å². The Morgan fingerprint density at radius 1 is 1.39 bits per heavy atom. The number of aromatic nitrogens is 5. The van der Waals surface area contributed by atoms with E-state index in [-0.39, 0.29) is 0 Å². The van der Waals surface area contributed by atoms with E-state index in [9.17, 15) is 0 Å². The molecule has 18 heavy (non-hydrogen) atoms. The molecule has 7 heteroatoms. The summed E-state index contributed by atoms with van der Waals surface area (Å²) in [6.07, 6.45) is 0. The molecule has 0 aliphatic rings. The van der Waals surface area contributed by atoms with E-state index in [0.29, 0.717) is 0 Å². The molecular formula is C11H12N6S. The Labute approximate surface area is 108 Å². The molecule has 92 valence electrons.